The molecule has 7 aromatic rings. The lowest BCUT2D eigenvalue weighted by Gasteiger charge is -2.40. The van der Waals surface area contributed by atoms with E-state index in [0.717, 1.165) is 4.57 Å². The summed E-state index contributed by atoms with van der Waals surface area (Å²) in [5.41, 5.74) is -16.1. The predicted octanol–water partition coefficient (Wildman–Crippen LogP) is 12.6. The molecule has 0 amide bonds. The van der Waals surface area contributed by atoms with Gasteiger partial charge < -0.3 is 14.5 Å². The highest BCUT2D eigenvalue weighted by Crippen LogP contribution is 2.56. The molecule has 1 unspecified atom stereocenters. The number of halogens is 12. The van der Waals surface area contributed by atoms with Gasteiger partial charge in [0.1, 0.15) is 0 Å². The number of aromatic amines is 2. The number of aliphatic imine (C=N–C) groups is 1. The summed E-state index contributed by atoms with van der Waals surface area (Å²) in [5.74, 6) is 0. The molecule has 3 aliphatic heterocycles. The number of nitrogens with one attached hydrogen (secondary N) is 2. The molecule has 10 rings (SSSR count). The van der Waals surface area contributed by atoms with Crippen molar-refractivity contribution >= 4 is 22.4 Å². The van der Waals surface area contributed by atoms with Crippen LogP contribution in [0, 0.1) is 0 Å². The molecule has 3 aliphatic rings. The van der Waals surface area contributed by atoms with Gasteiger partial charge in [-0.2, -0.15) is 52.7 Å². The van der Waals surface area contributed by atoms with E-state index in [2.05, 4.69) is 9.97 Å². The Kier molecular flexibility index (Phi) is 10.0. The largest absolute Gasteiger partial charge is 0.419 e. The Hall–Kier alpha value is -7.23. The molecule has 0 radical (unpaired) electrons. The Balaban J connectivity index is 1.54. The van der Waals surface area contributed by atoms with Gasteiger partial charge in [0.2, 0.25) is 0 Å². The van der Waals surface area contributed by atoms with Gasteiger partial charge in [-0.3, -0.25) is 4.99 Å². The van der Waals surface area contributed by atoms with E-state index in [4.69, 9.17) is 4.99 Å². The minimum Gasteiger partial charge on any atom is -0.354 e. The van der Waals surface area contributed by atoms with Gasteiger partial charge in [-0.25, -0.2) is 0 Å². The van der Waals surface area contributed by atoms with E-state index in [1.165, 1.54) is 133 Å². The Morgan fingerprint density at radius 3 is 1.42 bits per heavy atom. The van der Waals surface area contributed by atoms with Crippen molar-refractivity contribution in [2.24, 2.45) is 4.99 Å². The molecule has 0 spiro atoms. The molecule has 0 saturated carbocycles. The number of hydrogen-bond acceptors (Lipinski definition) is 1. The Morgan fingerprint density at radius 1 is 0.463 bits per heavy atom. The van der Waals surface area contributed by atoms with Crippen molar-refractivity contribution in [2.75, 3.05) is 0 Å². The number of H-pyrrole nitrogens is 2. The Bertz CT molecular complexity index is 3290. The molecule has 4 nitrogen and oxygen atoms in total. The number of alkyl halides is 12. The number of aromatic nitrogens is 3. The van der Waals surface area contributed by atoms with Gasteiger partial charge in [-0.05, 0) is 59.4 Å². The molecule has 0 fully saturated rings. The second-order valence-electron chi connectivity index (χ2n) is 16.3. The summed E-state index contributed by atoms with van der Waals surface area (Å²) in [5, 5.41) is -0.559. The molecule has 2 N–H and O–H groups in total. The van der Waals surface area contributed by atoms with Gasteiger partial charge in [-0.15, -0.1) is 0 Å². The van der Waals surface area contributed by atoms with Gasteiger partial charge in [0.15, 0.2) is 0 Å². The van der Waals surface area contributed by atoms with Crippen LogP contribution in [0.25, 0.3) is 16.7 Å². The van der Waals surface area contributed by atoms with Gasteiger partial charge in [0.25, 0.3) is 0 Å². The third-order valence-electron chi connectivity index (χ3n) is 12.5. The molecular weight excluding hydrogens is 897 g/mol. The topological polar surface area (TPSA) is 48.9 Å². The third kappa shape index (κ3) is 7.06. The molecule has 67 heavy (non-hydrogen) atoms. The van der Waals surface area contributed by atoms with Crippen molar-refractivity contribution in [1.82, 2.24) is 14.5 Å². The normalized spacial score (nSPS) is 20.3. The van der Waals surface area contributed by atoms with Crippen LogP contribution in [0.15, 0.2) is 156 Å². The predicted molar refractivity (Wildman–Crippen MR) is 227 cm³/mol. The lowest BCUT2D eigenvalue weighted by Crippen LogP contribution is -2.43. The molecule has 340 valence electrons. The van der Waals surface area contributed by atoms with Crippen LogP contribution >= 0.6 is 0 Å². The first-order chi connectivity index (χ1) is 31.8. The summed E-state index contributed by atoms with van der Waals surface area (Å²) in [6.07, 6.45) is -20.6. The van der Waals surface area contributed by atoms with Crippen LogP contribution in [0.4, 0.5) is 52.7 Å². The standard InChI is InChI=1S/C51H32F12N4/c52-48(53,54)39-40(49(55,56)57)44-37(29-16-7-2-8-17-29)33-24-25-35(65-33)47(31-20-11-4-12-21-31)26-13-27-67-45(41(50(58,59)60)42(46(47)67)51(61,62)63)38(30-18-9-3-10-19-30)34-23-22-32(64-34)36(43(39)66-44)28-14-5-1-6-15-28/h1-12,14-25,64,66H,13,26-27H2/b36-32-,37-33-,38-34-. The van der Waals surface area contributed by atoms with Crippen LogP contribution in [0.1, 0.15) is 80.1 Å². The number of allylic oxidation sites excluding steroid dienone is 2. The zero-order valence-electron chi connectivity index (χ0n) is 34.4. The molecule has 10 bridgehead atoms. The number of fused-ring (bicyclic) bond motifs is 6. The maximum absolute atomic E-state index is 16.2. The Morgan fingerprint density at radius 2 is 0.910 bits per heavy atom. The lowest BCUT2D eigenvalue weighted by molar-refractivity contribution is -0.162. The van der Waals surface area contributed by atoms with E-state index in [-0.39, 0.29) is 63.7 Å². The fraction of sp³-hybridized carbons (Fsp3) is 0.157. The summed E-state index contributed by atoms with van der Waals surface area (Å²) in [7, 11) is 0. The molecule has 1 atom stereocenters. The quantitative estimate of drug-likeness (QED) is 0.165. The monoisotopic (exact) mass is 928 g/mol. The Labute approximate surface area is 372 Å². The number of rotatable bonds is 4. The summed E-state index contributed by atoms with van der Waals surface area (Å²) >= 11 is 0. The van der Waals surface area contributed by atoms with Crippen LogP contribution in [0.3, 0.4) is 0 Å². The van der Waals surface area contributed by atoms with E-state index >= 15 is 52.7 Å². The molecule has 0 aliphatic carbocycles. The fourth-order valence-corrected chi connectivity index (χ4v) is 10.1. The van der Waals surface area contributed by atoms with E-state index in [9.17, 15) is 0 Å². The zero-order chi connectivity index (χ0) is 47.3. The highest BCUT2D eigenvalue weighted by Gasteiger charge is 2.58. The average molecular weight is 929 g/mol. The minimum atomic E-state index is -5.69. The first kappa shape index (κ1) is 43.7. The van der Waals surface area contributed by atoms with Gasteiger partial charge >= 0.3 is 24.7 Å². The number of benzene rings is 4. The van der Waals surface area contributed by atoms with E-state index in [0.29, 0.717) is 0 Å². The molecule has 3 aromatic heterocycles. The first-order valence-corrected chi connectivity index (χ1v) is 20.8. The van der Waals surface area contributed by atoms with Crippen LogP contribution in [-0.2, 0) is 36.7 Å². The molecule has 0 saturated heterocycles. The average Bonchev–Trinajstić information content (AvgIpc) is 4.11. The fourth-order valence-electron chi connectivity index (χ4n) is 10.1. The SMILES string of the molecule is FC(F)(F)c1c2[nH]c(c1C(F)(F)F)/C(c1ccccc1)=c1/cc/c([nH]1)=C(\c1ccccc1)c1c(C(F)(F)F)c(C(F)(F)F)c3n1CCCC3(c1ccccc1)C1=N/C(=C\2c2ccccc2)C=C1. The molecule has 6 heterocycles. The van der Waals surface area contributed by atoms with Crippen molar-refractivity contribution in [1.29, 1.82) is 0 Å². The third-order valence-corrected chi connectivity index (χ3v) is 12.5. The van der Waals surface area contributed by atoms with E-state index in [1.807, 2.05) is 0 Å². The summed E-state index contributed by atoms with van der Waals surface area (Å²) in [6.45, 7) is -0.341. The summed E-state index contributed by atoms with van der Waals surface area (Å²) < 4.78 is 192. The summed E-state index contributed by atoms with van der Waals surface area (Å²) in [6, 6.07) is 31.2. The first-order valence-electron chi connectivity index (χ1n) is 20.8. The van der Waals surface area contributed by atoms with Crippen molar-refractivity contribution in [3.63, 3.8) is 0 Å². The number of hydrogen-bond donors (Lipinski definition) is 2. The van der Waals surface area contributed by atoms with Gasteiger partial charge in [-0.1, -0.05) is 121 Å². The maximum Gasteiger partial charge on any atom is 0.419 e. The highest BCUT2D eigenvalue weighted by atomic mass is 19.4. The van der Waals surface area contributed by atoms with E-state index < -0.39 is 91.9 Å². The van der Waals surface area contributed by atoms with Crippen LogP contribution in [0.5, 0.6) is 0 Å². The van der Waals surface area contributed by atoms with Crippen molar-refractivity contribution in [3.8, 4) is 0 Å². The molecular formula is C51H32F12N4. The second kappa shape index (κ2) is 15.4. The van der Waals surface area contributed by atoms with Crippen LogP contribution in [-0.4, -0.2) is 20.2 Å². The van der Waals surface area contributed by atoms with Gasteiger partial charge in [0, 0.05) is 39.7 Å². The number of nitrogens with zero attached hydrogens (tertiary/aromatic N) is 2. The molecule has 16 heteroatoms. The van der Waals surface area contributed by atoms with Crippen molar-refractivity contribution in [3.05, 3.63) is 229 Å². The smallest absolute Gasteiger partial charge is 0.354 e. The van der Waals surface area contributed by atoms with Crippen LogP contribution in [0.2, 0.25) is 0 Å². The second-order valence-corrected chi connectivity index (χ2v) is 16.3. The lowest BCUT2D eigenvalue weighted by atomic mass is 9.67. The molecule has 4 aromatic carbocycles. The minimum absolute atomic E-state index is 0.00186. The van der Waals surface area contributed by atoms with E-state index in [1.54, 1.807) is 12.1 Å². The van der Waals surface area contributed by atoms with Crippen molar-refractivity contribution < 1.29 is 52.7 Å². The van der Waals surface area contributed by atoms with Crippen molar-refractivity contribution in [2.45, 2.75) is 49.5 Å². The van der Waals surface area contributed by atoms with Crippen LogP contribution < -0.4 is 10.7 Å². The van der Waals surface area contributed by atoms with Gasteiger partial charge in [0.05, 0.1) is 56.2 Å². The highest BCUT2D eigenvalue weighted by molar-refractivity contribution is 6.10. The zero-order valence-corrected chi connectivity index (χ0v) is 34.4. The summed E-state index contributed by atoms with van der Waals surface area (Å²) in [4.78, 5) is 10.2. The maximum atomic E-state index is 16.2.